The summed E-state index contributed by atoms with van der Waals surface area (Å²) in [5.74, 6) is -1.55. The number of methoxy groups -OCH3 is 1. The van der Waals surface area contributed by atoms with E-state index in [4.69, 9.17) is 4.74 Å². The third-order valence-electron chi connectivity index (χ3n) is 5.57. The van der Waals surface area contributed by atoms with Crippen LogP contribution in [0.4, 0.5) is 10.1 Å². The Morgan fingerprint density at radius 3 is 2.63 bits per heavy atom. The summed E-state index contributed by atoms with van der Waals surface area (Å²) in [7, 11) is 1.52. The lowest BCUT2D eigenvalue weighted by atomic mass is 10.0. The molecule has 2 amide bonds. The molecule has 0 aliphatic rings. The van der Waals surface area contributed by atoms with Crippen molar-refractivity contribution in [3.05, 3.63) is 89.7 Å². The van der Waals surface area contributed by atoms with Crippen molar-refractivity contribution in [2.75, 3.05) is 25.2 Å². The van der Waals surface area contributed by atoms with Crippen LogP contribution in [0.1, 0.15) is 17.2 Å². The number of carbonyl (C=O) groups is 2. The van der Waals surface area contributed by atoms with Gasteiger partial charge in [0.1, 0.15) is 23.9 Å². The van der Waals surface area contributed by atoms with E-state index < -0.39 is 23.7 Å². The van der Waals surface area contributed by atoms with Crippen molar-refractivity contribution in [2.45, 2.75) is 19.5 Å². The molecule has 0 spiro atoms. The van der Waals surface area contributed by atoms with Crippen molar-refractivity contribution >= 4 is 28.5 Å². The van der Waals surface area contributed by atoms with Crippen molar-refractivity contribution < 1.29 is 18.7 Å². The number of ether oxygens (including phenoxy) is 1. The van der Waals surface area contributed by atoms with E-state index in [1.54, 1.807) is 36.4 Å². The standard InChI is InChI=1S/C26H26FN5O3/c1-18-8-7-9-19(16-18)32(24(33)17-31-23-13-6-5-12-22(23)29-30-31)25(26(34)28-14-15-35-2)20-10-3-4-11-21(20)27/h3-13,16,25H,14-15,17H2,1-2H3,(H,28,34)/t25-/m0/s1. The molecule has 1 atom stereocenters. The van der Waals surface area contributed by atoms with Crippen LogP contribution in [0.15, 0.2) is 72.8 Å². The number of aromatic nitrogens is 3. The molecule has 8 nitrogen and oxygen atoms in total. The minimum atomic E-state index is -1.25. The molecule has 0 saturated carbocycles. The smallest absolute Gasteiger partial charge is 0.249 e. The maximum atomic E-state index is 15.0. The fraction of sp³-hybridized carbons (Fsp3) is 0.231. The molecule has 0 radical (unpaired) electrons. The van der Waals surface area contributed by atoms with Crippen LogP contribution >= 0.6 is 0 Å². The summed E-state index contributed by atoms with van der Waals surface area (Å²) < 4.78 is 21.5. The molecule has 0 aliphatic heterocycles. The van der Waals surface area contributed by atoms with Gasteiger partial charge in [0.05, 0.1) is 12.1 Å². The third-order valence-corrected chi connectivity index (χ3v) is 5.57. The summed E-state index contributed by atoms with van der Waals surface area (Å²) in [6.07, 6.45) is 0. The third kappa shape index (κ3) is 5.36. The van der Waals surface area contributed by atoms with Gasteiger partial charge in [0.15, 0.2) is 0 Å². The van der Waals surface area contributed by atoms with Gasteiger partial charge in [-0.15, -0.1) is 5.10 Å². The first-order valence-corrected chi connectivity index (χ1v) is 11.2. The van der Waals surface area contributed by atoms with Gasteiger partial charge in [-0.1, -0.05) is 47.7 Å². The Hall–Kier alpha value is -4.11. The Morgan fingerprint density at radius 1 is 1.09 bits per heavy atom. The quantitative estimate of drug-likeness (QED) is 0.375. The Kier molecular flexibility index (Phi) is 7.47. The molecule has 1 aromatic heterocycles. The predicted octanol–water partition coefficient (Wildman–Crippen LogP) is 3.42. The van der Waals surface area contributed by atoms with Crippen LogP contribution in [-0.2, 0) is 20.9 Å². The molecule has 4 aromatic rings. The van der Waals surface area contributed by atoms with E-state index in [0.29, 0.717) is 16.7 Å². The van der Waals surface area contributed by atoms with Gasteiger partial charge in [-0.2, -0.15) is 0 Å². The normalized spacial score (nSPS) is 11.9. The van der Waals surface area contributed by atoms with Crippen LogP contribution in [0.25, 0.3) is 11.0 Å². The molecule has 3 aromatic carbocycles. The fourth-order valence-corrected chi connectivity index (χ4v) is 3.92. The van der Waals surface area contributed by atoms with E-state index in [-0.39, 0.29) is 25.3 Å². The van der Waals surface area contributed by atoms with Crippen molar-refractivity contribution in [1.82, 2.24) is 20.3 Å². The van der Waals surface area contributed by atoms with Gasteiger partial charge in [0.2, 0.25) is 11.8 Å². The lowest BCUT2D eigenvalue weighted by Gasteiger charge is -2.32. The number of nitrogens with zero attached hydrogens (tertiary/aromatic N) is 4. The molecule has 0 saturated heterocycles. The second-order valence-corrected chi connectivity index (χ2v) is 8.05. The van der Waals surface area contributed by atoms with E-state index in [0.717, 1.165) is 5.56 Å². The van der Waals surface area contributed by atoms with Gasteiger partial charge < -0.3 is 10.1 Å². The molecular formula is C26H26FN5O3. The van der Waals surface area contributed by atoms with Gasteiger partial charge in [-0.3, -0.25) is 14.5 Å². The van der Waals surface area contributed by atoms with Crippen LogP contribution in [-0.4, -0.2) is 47.1 Å². The van der Waals surface area contributed by atoms with Gasteiger partial charge >= 0.3 is 0 Å². The summed E-state index contributed by atoms with van der Waals surface area (Å²) >= 11 is 0. The first kappa shape index (κ1) is 24.0. The number of amides is 2. The number of hydrogen-bond donors (Lipinski definition) is 1. The number of aryl methyl sites for hydroxylation is 1. The van der Waals surface area contributed by atoms with Crippen molar-refractivity contribution in [3.8, 4) is 0 Å². The van der Waals surface area contributed by atoms with Crippen LogP contribution in [0, 0.1) is 12.7 Å². The number of benzene rings is 3. The number of para-hydroxylation sites is 1. The number of carbonyl (C=O) groups excluding carboxylic acids is 2. The van der Waals surface area contributed by atoms with E-state index >= 15 is 4.39 Å². The molecule has 0 aliphatic carbocycles. The molecule has 0 unspecified atom stereocenters. The molecular weight excluding hydrogens is 449 g/mol. The Balaban J connectivity index is 1.79. The Bertz CT molecular complexity index is 1340. The van der Waals surface area contributed by atoms with Gasteiger partial charge in [-0.25, -0.2) is 9.07 Å². The van der Waals surface area contributed by atoms with E-state index in [2.05, 4.69) is 15.6 Å². The highest BCUT2D eigenvalue weighted by Gasteiger charge is 2.34. The molecule has 4 rings (SSSR count). The highest BCUT2D eigenvalue weighted by atomic mass is 19.1. The van der Waals surface area contributed by atoms with Crippen LogP contribution in [0.5, 0.6) is 0 Å². The molecule has 9 heteroatoms. The molecule has 0 fully saturated rings. The van der Waals surface area contributed by atoms with Crippen LogP contribution in [0.3, 0.4) is 0 Å². The number of fused-ring (bicyclic) bond motifs is 1. The average molecular weight is 476 g/mol. The zero-order valence-electron chi connectivity index (χ0n) is 19.5. The number of nitrogens with one attached hydrogen (secondary N) is 1. The summed E-state index contributed by atoms with van der Waals surface area (Å²) in [6.45, 7) is 2.18. The first-order chi connectivity index (χ1) is 17.0. The van der Waals surface area contributed by atoms with Crippen molar-refractivity contribution in [1.29, 1.82) is 0 Å². The first-order valence-electron chi connectivity index (χ1n) is 11.2. The number of anilines is 1. The van der Waals surface area contributed by atoms with E-state index in [1.165, 1.54) is 28.8 Å². The van der Waals surface area contributed by atoms with Crippen molar-refractivity contribution in [3.63, 3.8) is 0 Å². The van der Waals surface area contributed by atoms with Gasteiger partial charge in [-0.05, 0) is 42.8 Å². The Labute approximate surface area is 202 Å². The minimum Gasteiger partial charge on any atom is -0.383 e. The maximum absolute atomic E-state index is 15.0. The van der Waals surface area contributed by atoms with E-state index in [9.17, 15) is 9.59 Å². The largest absolute Gasteiger partial charge is 0.383 e. The lowest BCUT2D eigenvalue weighted by molar-refractivity contribution is -0.127. The monoisotopic (exact) mass is 475 g/mol. The molecule has 1 N–H and O–H groups in total. The maximum Gasteiger partial charge on any atom is 0.249 e. The predicted molar refractivity (Wildman–Crippen MR) is 130 cm³/mol. The summed E-state index contributed by atoms with van der Waals surface area (Å²) in [6, 6.07) is 19.2. The number of halogens is 1. The highest BCUT2D eigenvalue weighted by molar-refractivity contribution is 6.01. The summed E-state index contributed by atoms with van der Waals surface area (Å²) in [5, 5.41) is 11.0. The molecule has 1 heterocycles. The van der Waals surface area contributed by atoms with E-state index in [1.807, 2.05) is 31.2 Å². The van der Waals surface area contributed by atoms with Gasteiger partial charge in [0, 0.05) is 24.9 Å². The average Bonchev–Trinajstić information content (AvgIpc) is 3.26. The van der Waals surface area contributed by atoms with Crippen LogP contribution in [0.2, 0.25) is 0 Å². The highest BCUT2D eigenvalue weighted by Crippen LogP contribution is 2.30. The second kappa shape index (κ2) is 10.9. The van der Waals surface area contributed by atoms with Crippen LogP contribution < -0.4 is 10.2 Å². The van der Waals surface area contributed by atoms with Gasteiger partial charge in [0.25, 0.3) is 0 Å². The zero-order chi connectivity index (χ0) is 24.8. The SMILES string of the molecule is COCCNC(=O)[C@H](c1ccccc1F)N(C(=O)Cn1nnc2ccccc21)c1cccc(C)c1. The topological polar surface area (TPSA) is 89.4 Å². The van der Waals surface area contributed by atoms with Crippen molar-refractivity contribution in [2.24, 2.45) is 0 Å². The second-order valence-electron chi connectivity index (χ2n) is 8.05. The molecule has 180 valence electrons. The minimum absolute atomic E-state index is 0.0840. The summed E-state index contributed by atoms with van der Waals surface area (Å²) in [4.78, 5) is 28.6. The summed E-state index contributed by atoms with van der Waals surface area (Å²) in [5.41, 5.74) is 2.76. The lowest BCUT2D eigenvalue weighted by Crippen LogP contribution is -2.46. The molecule has 0 bridgehead atoms. The molecule has 35 heavy (non-hydrogen) atoms. The number of rotatable bonds is 9. The number of hydrogen-bond acceptors (Lipinski definition) is 5. The zero-order valence-corrected chi connectivity index (χ0v) is 19.5. The fourth-order valence-electron chi connectivity index (χ4n) is 3.92. The Morgan fingerprint density at radius 2 is 1.86 bits per heavy atom.